The minimum absolute atomic E-state index is 1.04. The van der Waals surface area contributed by atoms with Crippen molar-refractivity contribution >= 4 is 89.8 Å². The molecule has 4 heteroatoms. The van der Waals surface area contributed by atoms with Gasteiger partial charge in [-0.05, 0) is 200 Å². The summed E-state index contributed by atoms with van der Waals surface area (Å²) in [7, 11) is 0. The molecule has 0 heterocycles. The smallest absolute Gasteiger partial charge is 0.0643 e. The zero-order chi connectivity index (χ0) is 65.0. The van der Waals surface area contributed by atoms with Crippen molar-refractivity contribution in [3.63, 3.8) is 0 Å². The van der Waals surface area contributed by atoms with Crippen molar-refractivity contribution in [2.45, 2.75) is 10.8 Å². The van der Waals surface area contributed by atoms with Crippen molar-refractivity contribution in [3.05, 3.63) is 434 Å². The number of hydrogen-bond donors (Lipinski definition) is 0. The third-order valence-corrected chi connectivity index (χ3v) is 20.3. The van der Waals surface area contributed by atoms with Crippen molar-refractivity contribution in [1.29, 1.82) is 0 Å². The Morgan fingerprint density at radius 3 is 0.653 bits per heavy atom. The second-order valence-corrected chi connectivity index (χ2v) is 25.4. The van der Waals surface area contributed by atoms with Gasteiger partial charge in [0.05, 0.1) is 22.2 Å². The van der Waals surface area contributed by atoms with Crippen LogP contribution >= 0.6 is 0 Å². The van der Waals surface area contributed by atoms with Gasteiger partial charge in [0.25, 0.3) is 0 Å². The van der Waals surface area contributed by atoms with Crippen LogP contribution in [0.4, 0.5) is 68.2 Å². The Morgan fingerprint density at radius 1 is 0.163 bits per heavy atom. The van der Waals surface area contributed by atoms with Crippen LogP contribution < -0.4 is 19.6 Å². The standard InChI is InChI=1S/C94H66N4/c1-11-35-67(36-12-1)93(85-63-77(95(69-39-15-3-16-40-69)70-41-17-4-18-42-70)59-61-83(85)91-81-57-33-31-55-79(81)89(65-87(91)93)97(73-47-23-7-24-48-73)74-49-25-8-26-50-74)94(68-37-13-2-14-38-68)86-64-78(96(71-43-19-5-20-44-71)72-45-21-6-22-46-72)60-62-84(86)92-82-58-34-32-56-80(82)90(66-88(92)94)98(75-51-27-9-28-52-75)76-53-29-10-30-54-76/h1-66H. The molecule has 2 unspecified atom stereocenters. The molecular formula is C94H66N4. The third kappa shape index (κ3) is 9.14. The van der Waals surface area contributed by atoms with Crippen LogP contribution in [-0.2, 0) is 10.8 Å². The lowest BCUT2D eigenvalue weighted by Gasteiger charge is -2.51. The topological polar surface area (TPSA) is 13.0 Å². The fraction of sp³-hybridized carbons (Fsp3) is 0.0213. The van der Waals surface area contributed by atoms with Crippen molar-refractivity contribution in [2.75, 3.05) is 19.6 Å². The van der Waals surface area contributed by atoms with Crippen LogP contribution in [0.1, 0.15) is 33.4 Å². The molecule has 18 rings (SSSR count). The molecule has 0 saturated heterocycles. The summed E-state index contributed by atoms with van der Waals surface area (Å²) in [6.07, 6.45) is 0. The minimum Gasteiger partial charge on any atom is -0.310 e. The average Bonchev–Trinajstić information content (AvgIpc) is 1.46. The second kappa shape index (κ2) is 24.2. The maximum Gasteiger partial charge on any atom is 0.0643 e. The summed E-state index contributed by atoms with van der Waals surface area (Å²) in [5.41, 5.74) is 22.3. The highest BCUT2D eigenvalue weighted by molar-refractivity contribution is 6.15. The van der Waals surface area contributed by atoms with Gasteiger partial charge < -0.3 is 19.6 Å². The minimum atomic E-state index is -1.14. The Hall–Kier alpha value is -12.8. The Labute approximate surface area is 572 Å². The van der Waals surface area contributed by atoms with Gasteiger partial charge in [-0.15, -0.1) is 0 Å². The van der Waals surface area contributed by atoms with Gasteiger partial charge >= 0.3 is 0 Å². The molecule has 98 heavy (non-hydrogen) atoms. The van der Waals surface area contributed by atoms with Crippen molar-refractivity contribution in [3.8, 4) is 22.3 Å². The molecule has 16 aromatic carbocycles. The van der Waals surface area contributed by atoms with E-state index in [0.29, 0.717) is 0 Å². The lowest BCUT2D eigenvalue weighted by molar-refractivity contribution is 0.438. The average molecular weight is 1250 g/mol. The van der Waals surface area contributed by atoms with Gasteiger partial charge in [-0.1, -0.05) is 267 Å². The van der Waals surface area contributed by atoms with E-state index in [0.717, 1.165) is 90.1 Å². The summed E-state index contributed by atoms with van der Waals surface area (Å²) < 4.78 is 0. The van der Waals surface area contributed by atoms with Crippen LogP contribution in [0.15, 0.2) is 400 Å². The number of nitrogens with zero attached hydrogens (tertiary/aromatic N) is 4. The normalized spacial score (nSPS) is 14.8. The molecule has 0 N–H and O–H groups in total. The van der Waals surface area contributed by atoms with Gasteiger partial charge in [0.2, 0.25) is 0 Å². The largest absolute Gasteiger partial charge is 0.310 e. The van der Waals surface area contributed by atoms with Gasteiger partial charge in [0.1, 0.15) is 0 Å². The highest BCUT2D eigenvalue weighted by atomic mass is 15.2. The molecule has 2 aliphatic carbocycles. The molecule has 0 radical (unpaired) electrons. The molecule has 16 aromatic rings. The van der Waals surface area contributed by atoms with Crippen LogP contribution in [0, 0.1) is 0 Å². The van der Waals surface area contributed by atoms with E-state index >= 15 is 0 Å². The molecular weight excluding hydrogens is 1190 g/mol. The molecule has 0 fully saturated rings. The third-order valence-electron chi connectivity index (χ3n) is 20.3. The molecule has 0 bridgehead atoms. The Balaban J connectivity index is 1.09. The molecule has 0 spiro atoms. The molecule has 0 amide bonds. The first-order valence-corrected chi connectivity index (χ1v) is 33.8. The van der Waals surface area contributed by atoms with E-state index in [-0.39, 0.29) is 0 Å². The molecule has 0 aromatic heterocycles. The van der Waals surface area contributed by atoms with Crippen LogP contribution in [0.25, 0.3) is 43.8 Å². The SMILES string of the molecule is c1ccc(N(c2ccccc2)c2ccc3c(c2)C(c2ccccc2)(C2(c4ccccc4)c4cc(N(c5ccccc5)c5ccccc5)ccc4-c4c2cc(N(c2ccccc2)c2ccccc2)c2ccccc42)c2cc(N(c4ccccc4)c4ccccc4)c4ccccc4c2-3)cc1. The van der Waals surface area contributed by atoms with Crippen molar-refractivity contribution in [2.24, 2.45) is 0 Å². The summed E-state index contributed by atoms with van der Waals surface area (Å²) in [6.45, 7) is 0. The number of rotatable bonds is 15. The van der Waals surface area contributed by atoms with E-state index < -0.39 is 10.8 Å². The molecule has 4 nitrogen and oxygen atoms in total. The van der Waals surface area contributed by atoms with Crippen LogP contribution in [0.2, 0.25) is 0 Å². The monoisotopic (exact) mass is 1250 g/mol. The van der Waals surface area contributed by atoms with Crippen LogP contribution in [0.5, 0.6) is 0 Å². The summed E-state index contributed by atoms with van der Waals surface area (Å²) >= 11 is 0. The number of para-hydroxylation sites is 8. The fourth-order valence-corrected chi connectivity index (χ4v) is 16.5. The summed E-state index contributed by atoms with van der Waals surface area (Å²) in [5.74, 6) is 0. The first kappa shape index (κ1) is 57.9. The number of fused-ring (bicyclic) bond motifs is 10. The quantitative estimate of drug-likeness (QED) is 0.101. The van der Waals surface area contributed by atoms with E-state index in [1.165, 1.54) is 55.3 Å². The van der Waals surface area contributed by atoms with E-state index in [1.54, 1.807) is 0 Å². The Kier molecular flexibility index (Phi) is 14.3. The van der Waals surface area contributed by atoms with Crippen molar-refractivity contribution < 1.29 is 0 Å². The van der Waals surface area contributed by atoms with Crippen LogP contribution in [-0.4, -0.2) is 0 Å². The highest BCUT2D eigenvalue weighted by Crippen LogP contribution is 2.73. The molecule has 462 valence electrons. The van der Waals surface area contributed by atoms with Crippen molar-refractivity contribution in [1.82, 2.24) is 0 Å². The predicted octanol–water partition coefficient (Wildman–Crippen LogP) is 25.2. The lowest BCUT2D eigenvalue weighted by Crippen LogP contribution is -2.50. The summed E-state index contributed by atoms with van der Waals surface area (Å²) in [5, 5.41) is 4.62. The van der Waals surface area contributed by atoms with Gasteiger partial charge in [-0.25, -0.2) is 0 Å². The van der Waals surface area contributed by atoms with E-state index in [1.807, 2.05) is 0 Å². The Bertz CT molecular complexity index is 5040. The summed E-state index contributed by atoms with van der Waals surface area (Å²) in [6, 6.07) is 149. The number of hydrogen-bond acceptors (Lipinski definition) is 4. The molecule has 2 atom stereocenters. The van der Waals surface area contributed by atoms with Gasteiger partial charge in [-0.3, -0.25) is 0 Å². The van der Waals surface area contributed by atoms with Gasteiger partial charge in [0.15, 0.2) is 0 Å². The maximum atomic E-state index is 2.62. The van der Waals surface area contributed by atoms with Crippen LogP contribution in [0.3, 0.4) is 0 Å². The first-order valence-electron chi connectivity index (χ1n) is 33.8. The fourth-order valence-electron chi connectivity index (χ4n) is 16.5. The zero-order valence-electron chi connectivity index (χ0n) is 53.9. The molecule has 2 aliphatic rings. The number of benzene rings is 16. The van der Waals surface area contributed by atoms with Gasteiger partial charge in [0, 0.05) is 67.6 Å². The van der Waals surface area contributed by atoms with E-state index in [4.69, 9.17) is 0 Å². The highest BCUT2D eigenvalue weighted by Gasteiger charge is 2.65. The number of anilines is 12. The molecule has 0 aliphatic heterocycles. The van der Waals surface area contributed by atoms with Gasteiger partial charge in [-0.2, -0.15) is 0 Å². The second-order valence-electron chi connectivity index (χ2n) is 25.4. The van der Waals surface area contributed by atoms with E-state index in [9.17, 15) is 0 Å². The van der Waals surface area contributed by atoms with E-state index in [2.05, 4.69) is 420 Å². The lowest BCUT2D eigenvalue weighted by atomic mass is 9.49. The first-order chi connectivity index (χ1) is 48.7. The Morgan fingerprint density at radius 2 is 0.388 bits per heavy atom. The maximum absolute atomic E-state index is 2.62. The zero-order valence-corrected chi connectivity index (χ0v) is 53.9. The predicted molar refractivity (Wildman–Crippen MR) is 410 cm³/mol. The molecule has 0 saturated carbocycles. The summed E-state index contributed by atoms with van der Waals surface area (Å²) in [4.78, 5) is 9.87.